The van der Waals surface area contributed by atoms with E-state index in [0.717, 1.165) is 42.9 Å². The van der Waals surface area contributed by atoms with Crippen molar-refractivity contribution in [3.63, 3.8) is 0 Å². The number of ether oxygens (including phenoxy) is 1. The van der Waals surface area contributed by atoms with Crippen molar-refractivity contribution in [1.82, 2.24) is 19.3 Å². The molecule has 0 saturated heterocycles. The zero-order valence-corrected chi connectivity index (χ0v) is 20.1. The molecule has 8 nitrogen and oxygen atoms in total. The average molecular weight is 474 g/mol. The molecular formula is C22H27N5O3S2. The highest BCUT2D eigenvalue weighted by Gasteiger charge is 2.28. The molecule has 0 atom stereocenters. The highest BCUT2D eigenvalue weighted by molar-refractivity contribution is 7.99. The van der Waals surface area contributed by atoms with E-state index in [1.807, 2.05) is 30.8 Å². The number of hydrogen-bond acceptors (Lipinski definition) is 7. The molecule has 0 saturated carbocycles. The summed E-state index contributed by atoms with van der Waals surface area (Å²) in [5, 5.41) is 12.9. The van der Waals surface area contributed by atoms with Crippen molar-refractivity contribution >= 4 is 40.0 Å². The largest absolute Gasteiger partial charge is 0.462 e. The molecule has 0 unspecified atom stereocenters. The maximum Gasteiger partial charge on any atom is 0.341 e. The van der Waals surface area contributed by atoms with Crippen LogP contribution in [-0.4, -0.2) is 43.6 Å². The smallest absolute Gasteiger partial charge is 0.341 e. The molecule has 0 spiro atoms. The maximum atomic E-state index is 12.7. The number of esters is 1. The predicted molar refractivity (Wildman–Crippen MR) is 126 cm³/mol. The van der Waals surface area contributed by atoms with Crippen LogP contribution >= 0.6 is 23.1 Å². The third-order valence-corrected chi connectivity index (χ3v) is 7.66. The van der Waals surface area contributed by atoms with Gasteiger partial charge in [0, 0.05) is 36.8 Å². The van der Waals surface area contributed by atoms with Crippen molar-refractivity contribution in [2.24, 2.45) is 7.05 Å². The number of aryl methyl sites for hydroxylation is 2. The quantitative estimate of drug-likeness (QED) is 0.377. The van der Waals surface area contributed by atoms with Crippen LogP contribution in [0.4, 0.5) is 5.00 Å². The fraction of sp³-hybridized carbons (Fsp3) is 0.455. The molecule has 3 aromatic heterocycles. The lowest BCUT2D eigenvalue weighted by atomic mass is 10.1. The first-order valence-electron chi connectivity index (χ1n) is 10.8. The summed E-state index contributed by atoms with van der Waals surface area (Å²) in [4.78, 5) is 26.4. The van der Waals surface area contributed by atoms with Crippen molar-refractivity contribution in [1.29, 1.82) is 0 Å². The second-order valence-electron chi connectivity index (χ2n) is 7.55. The molecule has 1 aliphatic carbocycles. The average Bonchev–Trinajstić information content (AvgIpc) is 3.52. The van der Waals surface area contributed by atoms with Crippen LogP contribution in [0.2, 0.25) is 0 Å². The molecule has 1 aliphatic rings. The van der Waals surface area contributed by atoms with Gasteiger partial charge in [-0.1, -0.05) is 11.8 Å². The fourth-order valence-electron chi connectivity index (χ4n) is 3.92. The summed E-state index contributed by atoms with van der Waals surface area (Å²) in [7, 11) is 2.01. The van der Waals surface area contributed by atoms with Crippen LogP contribution in [-0.2, 0) is 42.4 Å². The van der Waals surface area contributed by atoms with E-state index >= 15 is 0 Å². The highest BCUT2D eigenvalue weighted by atomic mass is 32.2. The van der Waals surface area contributed by atoms with Crippen LogP contribution in [0.15, 0.2) is 23.5 Å². The number of carbonyl (C=O) groups is 2. The minimum atomic E-state index is -0.356. The zero-order chi connectivity index (χ0) is 22.7. The minimum absolute atomic E-state index is 0.171. The first-order chi connectivity index (χ1) is 15.5. The normalized spacial score (nSPS) is 12.7. The summed E-state index contributed by atoms with van der Waals surface area (Å²) in [6.45, 7) is 4.86. The Labute approximate surface area is 195 Å². The van der Waals surface area contributed by atoms with Gasteiger partial charge in [-0.15, -0.1) is 21.5 Å². The predicted octanol–water partition coefficient (Wildman–Crippen LogP) is 3.69. The Morgan fingerprint density at radius 1 is 1.28 bits per heavy atom. The molecule has 0 radical (unpaired) electrons. The number of carbonyl (C=O) groups excluding carboxylic acids is 2. The zero-order valence-electron chi connectivity index (χ0n) is 18.5. The van der Waals surface area contributed by atoms with Gasteiger partial charge in [0.05, 0.1) is 17.9 Å². The number of aromatic nitrogens is 4. The molecule has 0 bridgehead atoms. The molecule has 0 aromatic carbocycles. The third-order valence-electron chi connectivity index (χ3n) is 5.49. The minimum Gasteiger partial charge on any atom is -0.462 e. The maximum absolute atomic E-state index is 12.7. The first-order valence-corrected chi connectivity index (χ1v) is 12.6. The number of hydrogen-bond donors (Lipinski definition) is 1. The van der Waals surface area contributed by atoms with Gasteiger partial charge < -0.3 is 19.2 Å². The molecule has 170 valence electrons. The van der Waals surface area contributed by atoms with Crippen LogP contribution in [0.25, 0.3) is 0 Å². The Morgan fingerprint density at radius 2 is 2.12 bits per heavy atom. The summed E-state index contributed by atoms with van der Waals surface area (Å²) < 4.78 is 9.34. The lowest BCUT2D eigenvalue weighted by molar-refractivity contribution is -0.113. The lowest BCUT2D eigenvalue weighted by Gasteiger charge is -2.09. The van der Waals surface area contributed by atoms with E-state index in [4.69, 9.17) is 4.74 Å². The van der Waals surface area contributed by atoms with E-state index in [2.05, 4.69) is 26.1 Å². The van der Waals surface area contributed by atoms with E-state index < -0.39 is 0 Å². The number of amides is 1. The second-order valence-corrected chi connectivity index (χ2v) is 9.60. The lowest BCUT2D eigenvalue weighted by Crippen LogP contribution is -2.17. The molecule has 3 aromatic rings. The number of nitrogens with zero attached hydrogens (tertiary/aromatic N) is 4. The number of rotatable bonds is 9. The Morgan fingerprint density at radius 3 is 2.84 bits per heavy atom. The van der Waals surface area contributed by atoms with Crippen LogP contribution < -0.4 is 5.32 Å². The molecule has 32 heavy (non-hydrogen) atoms. The highest BCUT2D eigenvalue weighted by Crippen LogP contribution is 2.39. The summed E-state index contributed by atoms with van der Waals surface area (Å²) in [6.07, 6.45) is 5.53. The van der Waals surface area contributed by atoms with Crippen LogP contribution in [0, 0.1) is 0 Å². The van der Waals surface area contributed by atoms with Gasteiger partial charge in [0.1, 0.15) is 10.8 Å². The van der Waals surface area contributed by atoms with Gasteiger partial charge in [0.2, 0.25) is 5.91 Å². The van der Waals surface area contributed by atoms with E-state index in [-0.39, 0.29) is 17.6 Å². The number of fused-ring (bicyclic) bond motifs is 1. The van der Waals surface area contributed by atoms with E-state index in [1.165, 1.54) is 28.0 Å². The fourth-order valence-corrected chi connectivity index (χ4v) is 6.04. The van der Waals surface area contributed by atoms with E-state index in [9.17, 15) is 9.59 Å². The molecule has 10 heteroatoms. The van der Waals surface area contributed by atoms with Crippen LogP contribution in [0.3, 0.4) is 0 Å². The van der Waals surface area contributed by atoms with E-state index in [1.54, 1.807) is 6.92 Å². The standard InChI is InChI=1S/C22H27N5O3S2/c1-4-27-17(12-14-8-7-11-26(14)3)24-25-22(27)31-13-18(28)23-20-19(21(29)30-5-2)15-9-6-10-16(15)32-20/h7-8,11H,4-6,9-10,12-13H2,1-3H3,(H,23,28). The van der Waals surface area contributed by atoms with Gasteiger partial charge in [0.25, 0.3) is 0 Å². The number of thioether (sulfide) groups is 1. The number of nitrogens with one attached hydrogen (secondary N) is 1. The van der Waals surface area contributed by atoms with Gasteiger partial charge >= 0.3 is 5.97 Å². The SMILES string of the molecule is CCOC(=O)c1c(NC(=O)CSc2nnc(Cc3cccn3C)n2CC)sc2c1CCC2. The Balaban J connectivity index is 1.43. The monoisotopic (exact) mass is 473 g/mol. The summed E-state index contributed by atoms with van der Waals surface area (Å²) in [5.41, 5.74) is 2.72. The van der Waals surface area contributed by atoms with E-state index in [0.29, 0.717) is 28.7 Å². The van der Waals surface area contributed by atoms with Crippen molar-refractivity contribution in [2.75, 3.05) is 17.7 Å². The molecule has 3 heterocycles. The van der Waals surface area contributed by atoms with Crippen LogP contribution in [0.1, 0.15) is 52.6 Å². The van der Waals surface area contributed by atoms with Crippen molar-refractivity contribution in [2.45, 2.75) is 51.2 Å². The Kier molecular flexibility index (Phi) is 7.00. The van der Waals surface area contributed by atoms with Gasteiger partial charge in [-0.05, 0) is 50.8 Å². The van der Waals surface area contributed by atoms with Crippen LogP contribution in [0.5, 0.6) is 0 Å². The van der Waals surface area contributed by atoms with Gasteiger partial charge in [0.15, 0.2) is 5.16 Å². The molecule has 1 N–H and O–H groups in total. The van der Waals surface area contributed by atoms with Crippen molar-refractivity contribution in [3.05, 3.63) is 45.9 Å². The third kappa shape index (κ3) is 4.61. The molecular weight excluding hydrogens is 446 g/mol. The second kappa shape index (κ2) is 9.91. The first kappa shape index (κ1) is 22.6. The number of thiophene rings is 1. The summed E-state index contributed by atoms with van der Waals surface area (Å²) in [5.74, 6) is 0.533. The summed E-state index contributed by atoms with van der Waals surface area (Å²) in [6, 6.07) is 4.07. The molecule has 1 amide bonds. The molecule has 0 aliphatic heterocycles. The molecule has 0 fully saturated rings. The van der Waals surface area contributed by atoms with Gasteiger partial charge in [-0.3, -0.25) is 4.79 Å². The Bertz CT molecular complexity index is 1130. The summed E-state index contributed by atoms with van der Waals surface area (Å²) >= 11 is 2.84. The number of anilines is 1. The van der Waals surface area contributed by atoms with Crippen molar-refractivity contribution < 1.29 is 14.3 Å². The Hall–Kier alpha value is -2.59. The molecule has 4 rings (SSSR count). The van der Waals surface area contributed by atoms with Gasteiger partial charge in [-0.2, -0.15) is 0 Å². The van der Waals surface area contributed by atoms with Gasteiger partial charge in [-0.25, -0.2) is 4.79 Å². The van der Waals surface area contributed by atoms with Crippen molar-refractivity contribution in [3.8, 4) is 0 Å². The topological polar surface area (TPSA) is 91.0 Å².